The second-order valence-electron chi connectivity index (χ2n) is 7.97. The summed E-state index contributed by atoms with van der Waals surface area (Å²) in [6.07, 6.45) is 2.17. The number of amides is 1. The summed E-state index contributed by atoms with van der Waals surface area (Å²) >= 11 is 0. The van der Waals surface area contributed by atoms with Crippen molar-refractivity contribution in [3.63, 3.8) is 0 Å². The fraction of sp³-hybridized carbons (Fsp3) is 0.333. The van der Waals surface area contributed by atoms with E-state index in [4.69, 9.17) is 9.78 Å². The number of hydrogen-bond acceptors (Lipinski definition) is 6. The number of benzene rings is 2. The highest BCUT2D eigenvalue weighted by molar-refractivity contribution is 5.92. The molecule has 3 aromatic rings. The Kier molecular flexibility index (Phi) is 6.39. The first kappa shape index (κ1) is 20.8. The number of aryl methyl sites for hydroxylation is 1. The maximum Gasteiger partial charge on any atom is 0.241 e. The Balaban J connectivity index is 1.33. The Bertz CT molecular complexity index is 1070. The number of likely N-dealkylation sites (tertiary alicyclic amines) is 1. The van der Waals surface area contributed by atoms with Gasteiger partial charge in [0.15, 0.2) is 0 Å². The summed E-state index contributed by atoms with van der Waals surface area (Å²) in [6.45, 7) is 4.12. The molecule has 1 saturated heterocycles. The van der Waals surface area contributed by atoms with E-state index >= 15 is 0 Å². The molecule has 1 aromatic heterocycles. The average Bonchev–Trinajstić information content (AvgIpc) is 3.24. The van der Waals surface area contributed by atoms with Crippen LogP contribution >= 0.6 is 0 Å². The van der Waals surface area contributed by atoms with Crippen molar-refractivity contribution in [1.82, 2.24) is 15.0 Å². The van der Waals surface area contributed by atoms with Crippen LogP contribution in [-0.2, 0) is 17.8 Å². The number of rotatable bonds is 6. The first-order valence-electron chi connectivity index (χ1n) is 10.5. The van der Waals surface area contributed by atoms with Gasteiger partial charge in [0.05, 0.1) is 25.0 Å². The topological polar surface area (TPSA) is 95.0 Å². The second kappa shape index (κ2) is 9.54. The summed E-state index contributed by atoms with van der Waals surface area (Å²) in [6, 6.07) is 17.6. The van der Waals surface area contributed by atoms with E-state index in [-0.39, 0.29) is 11.8 Å². The predicted molar refractivity (Wildman–Crippen MR) is 117 cm³/mol. The van der Waals surface area contributed by atoms with E-state index in [0.29, 0.717) is 31.2 Å². The molecule has 1 atom stereocenters. The van der Waals surface area contributed by atoms with Gasteiger partial charge in [0.25, 0.3) is 0 Å². The third-order valence-electron chi connectivity index (χ3n) is 5.52. The highest BCUT2D eigenvalue weighted by Gasteiger charge is 2.27. The second-order valence-corrected chi connectivity index (χ2v) is 7.97. The molecule has 1 amide bonds. The molecule has 1 unspecified atom stereocenters. The number of carbonyl (C=O) groups is 1. The summed E-state index contributed by atoms with van der Waals surface area (Å²) in [4.78, 5) is 19.5. The van der Waals surface area contributed by atoms with Crippen LogP contribution in [0.5, 0.6) is 0 Å². The van der Waals surface area contributed by atoms with Crippen LogP contribution in [0.25, 0.3) is 11.4 Å². The molecule has 0 aliphatic carbocycles. The van der Waals surface area contributed by atoms with Gasteiger partial charge in [0.1, 0.15) is 0 Å². The zero-order valence-electron chi connectivity index (χ0n) is 17.5. The van der Waals surface area contributed by atoms with Gasteiger partial charge < -0.3 is 9.84 Å². The Hall–Kier alpha value is -3.50. The molecular weight excluding hydrogens is 390 g/mol. The SMILES string of the molecule is Cc1ccc(-c2noc(CN3CCCC(C(=O)Nc4ccc(CC#N)cc4)C3)n2)cc1. The van der Waals surface area contributed by atoms with Crippen molar-refractivity contribution in [2.24, 2.45) is 5.92 Å². The van der Waals surface area contributed by atoms with E-state index < -0.39 is 0 Å². The molecule has 0 spiro atoms. The molecule has 0 bridgehead atoms. The van der Waals surface area contributed by atoms with Crippen molar-refractivity contribution in [3.05, 3.63) is 65.5 Å². The van der Waals surface area contributed by atoms with Crippen molar-refractivity contribution in [2.45, 2.75) is 32.7 Å². The number of aromatic nitrogens is 2. The van der Waals surface area contributed by atoms with E-state index in [1.807, 2.05) is 55.5 Å². The predicted octanol–water partition coefficient (Wildman–Crippen LogP) is 3.96. The standard InChI is InChI=1S/C24H25N5O2/c1-17-4-8-19(9-5-17)23-27-22(31-28-23)16-29-14-2-3-20(15-29)24(30)26-21-10-6-18(7-11-21)12-13-25/h4-11,20H,2-3,12,14-16H2,1H3,(H,26,30). The average molecular weight is 415 g/mol. The monoisotopic (exact) mass is 415 g/mol. The number of nitrogens with zero attached hydrogens (tertiary/aromatic N) is 4. The van der Waals surface area contributed by atoms with Crippen LogP contribution in [0.3, 0.4) is 0 Å². The van der Waals surface area contributed by atoms with Gasteiger partial charge in [-0.1, -0.05) is 47.1 Å². The van der Waals surface area contributed by atoms with Gasteiger partial charge in [-0.2, -0.15) is 10.2 Å². The molecule has 7 heteroatoms. The highest BCUT2D eigenvalue weighted by Crippen LogP contribution is 2.22. The van der Waals surface area contributed by atoms with Crippen molar-refractivity contribution in [3.8, 4) is 17.5 Å². The first-order chi connectivity index (χ1) is 15.1. The molecule has 1 aliphatic rings. The van der Waals surface area contributed by atoms with Gasteiger partial charge in [-0.15, -0.1) is 0 Å². The molecule has 1 N–H and O–H groups in total. The fourth-order valence-electron chi connectivity index (χ4n) is 3.78. The van der Waals surface area contributed by atoms with Gasteiger partial charge >= 0.3 is 0 Å². The largest absolute Gasteiger partial charge is 0.338 e. The molecule has 4 rings (SSSR count). The number of piperidine rings is 1. The minimum absolute atomic E-state index is 0.0172. The van der Waals surface area contributed by atoms with E-state index in [2.05, 4.69) is 26.4 Å². The normalized spacial score (nSPS) is 16.6. The fourth-order valence-corrected chi connectivity index (χ4v) is 3.78. The quantitative estimate of drug-likeness (QED) is 0.655. The Morgan fingerprint density at radius 3 is 2.74 bits per heavy atom. The third-order valence-corrected chi connectivity index (χ3v) is 5.52. The van der Waals surface area contributed by atoms with Crippen LogP contribution in [0, 0.1) is 24.2 Å². The lowest BCUT2D eigenvalue weighted by Crippen LogP contribution is -2.40. The van der Waals surface area contributed by atoms with Gasteiger partial charge in [-0.25, -0.2) is 0 Å². The summed E-state index contributed by atoms with van der Waals surface area (Å²) in [5.41, 5.74) is 3.80. The molecule has 1 fully saturated rings. The molecule has 7 nitrogen and oxygen atoms in total. The Morgan fingerprint density at radius 2 is 2.00 bits per heavy atom. The van der Waals surface area contributed by atoms with Crippen LogP contribution < -0.4 is 5.32 Å². The molecule has 158 valence electrons. The smallest absolute Gasteiger partial charge is 0.241 e. The molecule has 2 aromatic carbocycles. The zero-order chi connectivity index (χ0) is 21.6. The van der Waals surface area contributed by atoms with E-state index in [9.17, 15) is 4.79 Å². The maximum absolute atomic E-state index is 12.8. The molecule has 0 radical (unpaired) electrons. The first-order valence-corrected chi connectivity index (χ1v) is 10.5. The zero-order valence-corrected chi connectivity index (χ0v) is 17.5. The lowest BCUT2D eigenvalue weighted by Gasteiger charge is -2.30. The summed E-state index contributed by atoms with van der Waals surface area (Å²) in [7, 11) is 0. The number of anilines is 1. The van der Waals surface area contributed by atoms with E-state index in [1.165, 1.54) is 5.56 Å². The van der Waals surface area contributed by atoms with Crippen LogP contribution in [0.2, 0.25) is 0 Å². The van der Waals surface area contributed by atoms with Crippen molar-refractivity contribution in [1.29, 1.82) is 5.26 Å². The van der Waals surface area contributed by atoms with Gasteiger partial charge in [-0.05, 0) is 44.0 Å². The summed E-state index contributed by atoms with van der Waals surface area (Å²) in [5, 5.41) is 15.9. The van der Waals surface area contributed by atoms with Gasteiger partial charge in [0.2, 0.25) is 17.6 Å². The number of hydrogen-bond donors (Lipinski definition) is 1. The molecule has 2 heterocycles. The molecule has 0 saturated carbocycles. The van der Waals surface area contributed by atoms with E-state index in [1.54, 1.807) is 0 Å². The lowest BCUT2D eigenvalue weighted by molar-refractivity contribution is -0.121. The molecule has 1 aliphatic heterocycles. The lowest BCUT2D eigenvalue weighted by atomic mass is 9.97. The van der Waals surface area contributed by atoms with Crippen molar-refractivity contribution < 1.29 is 9.32 Å². The molecule has 31 heavy (non-hydrogen) atoms. The number of carbonyl (C=O) groups excluding carboxylic acids is 1. The van der Waals surface area contributed by atoms with E-state index in [0.717, 1.165) is 36.2 Å². The van der Waals surface area contributed by atoms with Crippen molar-refractivity contribution in [2.75, 3.05) is 18.4 Å². The van der Waals surface area contributed by atoms with Gasteiger partial charge in [0, 0.05) is 17.8 Å². The maximum atomic E-state index is 12.8. The summed E-state index contributed by atoms with van der Waals surface area (Å²) in [5.74, 6) is 1.07. The summed E-state index contributed by atoms with van der Waals surface area (Å²) < 4.78 is 5.45. The number of nitriles is 1. The van der Waals surface area contributed by atoms with Crippen LogP contribution in [-0.4, -0.2) is 34.0 Å². The van der Waals surface area contributed by atoms with Crippen LogP contribution in [0.15, 0.2) is 53.1 Å². The minimum atomic E-state index is -0.0907. The van der Waals surface area contributed by atoms with Gasteiger partial charge in [-0.3, -0.25) is 9.69 Å². The van der Waals surface area contributed by atoms with Crippen molar-refractivity contribution >= 4 is 11.6 Å². The number of nitrogens with one attached hydrogen (secondary N) is 1. The van der Waals surface area contributed by atoms with Crippen LogP contribution in [0.4, 0.5) is 5.69 Å². The molecular formula is C24H25N5O2. The Morgan fingerprint density at radius 1 is 1.23 bits per heavy atom. The third kappa shape index (κ3) is 5.36. The minimum Gasteiger partial charge on any atom is -0.338 e. The highest BCUT2D eigenvalue weighted by atomic mass is 16.5. The Labute approximate surface area is 181 Å². The van der Waals surface area contributed by atoms with Crippen LogP contribution in [0.1, 0.15) is 29.9 Å².